The molecule has 5 heteroatoms. The minimum absolute atomic E-state index is 0.100. The van der Waals surface area contributed by atoms with Crippen LogP contribution in [-0.2, 0) is 11.2 Å². The van der Waals surface area contributed by atoms with Crippen molar-refractivity contribution in [3.05, 3.63) is 42.6 Å². The third-order valence-corrected chi connectivity index (χ3v) is 4.47. The predicted molar refractivity (Wildman–Crippen MR) is 90.4 cm³/mol. The third-order valence-electron chi connectivity index (χ3n) is 2.85. The van der Waals surface area contributed by atoms with Crippen molar-refractivity contribution in [2.75, 3.05) is 4.31 Å². The maximum atomic E-state index is 12.9. The van der Waals surface area contributed by atoms with Crippen molar-refractivity contribution in [2.45, 2.75) is 46.2 Å². The van der Waals surface area contributed by atoms with Crippen LogP contribution < -0.4 is 4.31 Å². The summed E-state index contributed by atoms with van der Waals surface area (Å²) in [4.78, 5) is 4.69. The van der Waals surface area contributed by atoms with E-state index in [1.165, 1.54) is 0 Å². The number of amidine groups is 1. The van der Waals surface area contributed by atoms with Crippen LogP contribution in [0.3, 0.4) is 0 Å². The Morgan fingerprint density at radius 3 is 2.29 bits per heavy atom. The molecule has 0 aromatic heterocycles. The first kappa shape index (κ1) is 15.8. The number of aliphatic imine (C=N–C) groups is 1. The van der Waals surface area contributed by atoms with E-state index in [-0.39, 0.29) is 11.6 Å². The molecule has 114 valence electrons. The van der Waals surface area contributed by atoms with Gasteiger partial charge in [-0.25, -0.2) is 8.51 Å². The van der Waals surface area contributed by atoms with Crippen LogP contribution in [-0.4, -0.2) is 25.9 Å². The number of hydrogen-bond acceptors (Lipinski definition) is 2. The molecule has 1 aliphatic heterocycles. The smallest absolute Gasteiger partial charge is 0.231 e. The van der Waals surface area contributed by atoms with E-state index in [1.54, 1.807) is 4.31 Å². The third kappa shape index (κ3) is 3.73. The van der Waals surface area contributed by atoms with Gasteiger partial charge < -0.3 is 0 Å². The van der Waals surface area contributed by atoms with E-state index in [4.69, 9.17) is 0 Å². The fourth-order valence-corrected chi connectivity index (χ4v) is 3.34. The SMILES string of the molecule is CC(C)N1C(=NC(C)(C)C)C=CN(c2ccccc2)S1=O. The number of rotatable bonds is 2. The minimum atomic E-state index is -1.31. The first-order valence-electron chi connectivity index (χ1n) is 7.13. The van der Waals surface area contributed by atoms with E-state index >= 15 is 0 Å². The van der Waals surface area contributed by atoms with Crippen molar-refractivity contribution in [1.82, 2.24) is 4.31 Å². The van der Waals surface area contributed by atoms with Crippen molar-refractivity contribution in [2.24, 2.45) is 4.99 Å². The number of nitrogens with zero attached hydrogens (tertiary/aromatic N) is 3. The van der Waals surface area contributed by atoms with E-state index in [0.29, 0.717) is 0 Å². The van der Waals surface area contributed by atoms with Gasteiger partial charge in [-0.3, -0.25) is 9.30 Å². The molecular weight excluding hydrogens is 282 g/mol. The molecule has 1 aliphatic rings. The van der Waals surface area contributed by atoms with Gasteiger partial charge in [0.2, 0.25) is 11.2 Å². The Kier molecular flexibility index (Phi) is 4.52. The van der Waals surface area contributed by atoms with Gasteiger partial charge in [0, 0.05) is 12.2 Å². The van der Waals surface area contributed by atoms with Crippen molar-refractivity contribution in [3.63, 3.8) is 0 Å². The van der Waals surface area contributed by atoms with Gasteiger partial charge in [0.05, 0.1) is 11.2 Å². The molecule has 0 bridgehead atoms. The zero-order valence-electron chi connectivity index (χ0n) is 13.3. The second-order valence-electron chi connectivity index (χ2n) is 6.27. The van der Waals surface area contributed by atoms with Crippen LogP contribution in [0.4, 0.5) is 5.69 Å². The topological polar surface area (TPSA) is 35.9 Å². The van der Waals surface area contributed by atoms with Crippen LogP contribution >= 0.6 is 0 Å². The first-order valence-corrected chi connectivity index (χ1v) is 8.19. The highest BCUT2D eigenvalue weighted by Crippen LogP contribution is 2.24. The lowest BCUT2D eigenvalue weighted by atomic mass is 10.1. The van der Waals surface area contributed by atoms with Crippen LogP contribution in [0.25, 0.3) is 0 Å². The van der Waals surface area contributed by atoms with Crippen LogP contribution in [0.1, 0.15) is 34.6 Å². The van der Waals surface area contributed by atoms with Crippen LogP contribution in [0.5, 0.6) is 0 Å². The second-order valence-corrected chi connectivity index (χ2v) is 7.52. The number of para-hydroxylation sites is 1. The Hall–Kier alpha value is -1.62. The highest BCUT2D eigenvalue weighted by Gasteiger charge is 2.29. The Balaban J connectivity index is 2.43. The van der Waals surface area contributed by atoms with Crippen molar-refractivity contribution in [1.29, 1.82) is 0 Å². The molecule has 0 saturated carbocycles. The Morgan fingerprint density at radius 2 is 1.76 bits per heavy atom. The van der Waals surface area contributed by atoms with Gasteiger partial charge in [-0.1, -0.05) is 18.2 Å². The van der Waals surface area contributed by atoms with Gasteiger partial charge in [0.15, 0.2) is 0 Å². The molecule has 0 aliphatic carbocycles. The summed E-state index contributed by atoms with van der Waals surface area (Å²) >= 11 is -1.31. The lowest BCUT2D eigenvalue weighted by Crippen LogP contribution is -2.47. The van der Waals surface area contributed by atoms with Gasteiger partial charge in [0.1, 0.15) is 5.84 Å². The monoisotopic (exact) mass is 305 g/mol. The van der Waals surface area contributed by atoms with Gasteiger partial charge in [-0.2, -0.15) is 0 Å². The lowest BCUT2D eigenvalue weighted by Gasteiger charge is -2.36. The molecule has 0 radical (unpaired) electrons. The summed E-state index contributed by atoms with van der Waals surface area (Å²) in [5, 5.41) is 0. The quantitative estimate of drug-likeness (QED) is 0.823. The van der Waals surface area contributed by atoms with Gasteiger partial charge in [-0.15, -0.1) is 0 Å². The number of anilines is 1. The summed E-state index contributed by atoms with van der Waals surface area (Å²) in [6.07, 6.45) is 3.77. The molecule has 0 N–H and O–H groups in total. The van der Waals surface area contributed by atoms with E-state index in [0.717, 1.165) is 11.5 Å². The van der Waals surface area contributed by atoms with E-state index < -0.39 is 11.2 Å². The maximum Gasteiger partial charge on any atom is 0.231 e. The lowest BCUT2D eigenvalue weighted by molar-refractivity contribution is 0.499. The highest BCUT2D eigenvalue weighted by molar-refractivity contribution is 7.85. The Morgan fingerprint density at radius 1 is 1.14 bits per heavy atom. The Labute approximate surface area is 129 Å². The fraction of sp³-hybridized carbons (Fsp3) is 0.438. The summed E-state index contributed by atoms with van der Waals surface area (Å²) in [6.45, 7) is 10.2. The number of benzene rings is 1. The zero-order valence-corrected chi connectivity index (χ0v) is 14.1. The molecule has 21 heavy (non-hydrogen) atoms. The van der Waals surface area contributed by atoms with Crippen molar-refractivity contribution < 1.29 is 4.21 Å². The molecule has 0 amide bonds. The first-order chi connectivity index (χ1) is 9.79. The fourth-order valence-electron chi connectivity index (χ4n) is 2.06. The molecule has 0 saturated heterocycles. The van der Waals surface area contributed by atoms with Crippen LogP contribution in [0.15, 0.2) is 47.6 Å². The van der Waals surface area contributed by atoms with Crippen LogP contribution in [0.2, 0.25) is 0 Å². The average Bonchev–Trinajstić information content (AvgIpc) is 2.37. The van der Waals surface area contributed by atoms with E-state index in [1.807, 2.05) is 81.5 Å². The zero-order chi connectivity index (χ0) is 15.6. The largest absolute Gasteiger partial charge is 0.262 e. The summed E-state index contributed by atoms with van der Waals surface area (Å²) in [5.41, 5.74) is 0.707. The molecule has 4 nitrogen and oxygen atoms in total. The van der Waals surface area contributed by atoms with Gasteiger partial charge in [-0.05, 0) is 52.8 Å². The van der Waals surface area contributed by atoms with Gasteiger partial charge >= 0.3 is 0 Å². The minimum Gasteiger partial charge on any atom is -0.262 e. The maximum absolute atomic E-state index is 12.9. The molecule has 1 unspecified atom stereocenters. The average molecular weight is 305 g/mol. The second kappa shape index (κ2) is 6.02. The van der Waals surface area contributed by atoms with Crippen molar-refractivity contribution >= 4 is 22.7 Å². The molecular formula is C16H23N3OS. The number of hydrogen-bond donors (Lipinski definition) is 0. The molecule has 1 heterocycles. The van der Waals surface area contributed by atoms with E-state index in [2.05, 4.69) is 4.99 Å². The standard InChI is InChI=1S/C16H23N3OS/c1-13(2)19-15(17-16(3,4)5)11-12-18(21(19)20)14-9-7-6-8-10-14/h6-13H,1-5H3. The Bertz CT molecular complexity index is 573. The summed E-state index contributed by atoms with van der Waals surface area (Å²) in [6, 6.07) is 9.84. The summed E-state index contributed by atoms with van der Waals surface area (Å²) in [5.74, 6) is 0.767. The molecule has 0 spiro atoms. The van der Waals surface area contributed by atoms with Gasteiger partial charge in [0.25, 0.3) is 0 Å². The summed E-state index contributed by atoms with van der Waals surface area (Å²) < 4.78 is 16.5. The van der Waals surface area contributed by atoms with Crippen LogP contribution in [0, 0.1) is 0 Å². The molecule has 1 aromatic rings. The van der Waals surface area contributed by atoms with E-state index in [9.17, 15) is 4.21 Å². The van der Waals surface area contributed by atoms with Crippen molar-refractivity contribution in [3.8, 4) is 0 Å². The predicted octanol–water partition coefficient (Wildman–Crippen LogP) is 3.51. The highest BCUT2D eigenvalue weighted by atomic mass is 32.2. The molecule has 0 fully saturated rings. The normalized spacial score (nSPS) is 21.4. The molecule has 2 rings (SSSR count). The molecule has 1 atom stereocenters. The summed E-state index contributed by atoms with van der Waals surface area (Å²) in [7, 11) is 0. The molecule has 1 aromatic carbocycles.